The van der Waals surface area contributed by atoms with E-state index in [0.29, 0.717) is 5.92 Å². The van der Waals surface area contributed by atoms with Crippen LogP contribution in [0.5, 0.6) is 0 Å². The van der Waals surface area contributed by atoms with Gasteiger partial charge in [-0.15, -0.1) is 11.6 Å². The van der Waals surface area contributed by atoms with E-state index in [2.05, 4.69) is 24.1 Å². The second-order valence-corrected chi connectivity index (χ2v) is 4.58. The smallest absolute Gasteiger partial charge is 0.0400 e. The molecule has 0 amide bonds. The molecule has 0 aliphatic carbocycles. The molecule has 1 N–H and O–H groups in total. The number of pyridine rings is 1. The van der Waals surface area contributed by atoms with Gasteiger partial charge in [0.2, 0.25) is 0 Å². The van der Waals surface area contributed by atoms with E-state index in [-0.39, 0.29) is 0 Å². The lowest BCUT2D eigenvalue weighted by molar-refractivity contribution is 0.490. The van der Waals surface area contributed by atoms with Crippen LogP contribution in [-0.4, -0.2) is 17.4 Å². The van der Waals surface area contributed by atoms with Crippen LogP contribution in [0.25, 0.3) is 0 Å². The van der Waals surface area contributed by atoms with Crippen LogP contribution in [0.4, 0.5) is 5.69 Å². The third-order valence-corrected chi connectivity index (χ3v) is 3.03. The topological polar surface area (TPSA) is 24.9 Å². The number of aromatic nitrogens is 1. The van der Waals surface area contributed by atoms with E-state index in [0.717, 1.165) is 18.8 Å². The van der Waals surface area contributed by atoms with Crippen molar-refractivity contribution in [3.8, 4) is 0 Å². The average molecular weight is 241 g/mol. The van der Waals surface area contributed by atoms with Gasteiger partial charge in [0.1, 0.15) is 0 Å². The normalized spacial score (nSPS) is 12.4. The molecule has 1 aromatic rings. The van der Waals surface area contributed by atoms with Gasteiger partial charge in [-0.2, -0.15) is 0 Å². The first-order valence-corrected chi connectivity index (χ1v) is 6.51. The Morgan fingerprint density at radius 3 is 2.88 bits per heavy atom. The van der Waals surface area contributed by atoms with E-state index in [1.54, 1.807) is 0 Å². The number of halogens is 1. The van der Waals surface area contributed by atoms with Crippen LogP contribution in [0.1, 0.15) is 31.7 Å². The zero-order chi connectivity index (χ0) is 11.8. The average Bonchev–Trinajstić information content (AvgIpc) is 2.28. The molecule has 0 aliphatic heterocycles. The molecular weight excluding hydrogens is 220 g/mol. The van der Waals surface area contributed by atoms with Crippen molar-refractivity contribution in [2.24, 2.45) is 5.92 Å². The van der Waals surface area contributed by atoms with Gasteiger partial charge in [-0.1, -0.05) is 13.3 Å². The molecule has 1 aromatic heterocycles. The number of rotatable bonds is 7. The highest BCUT2D eigenvalue weighted by atomic mass is 35.5. The highest BCUT2D eigenvalue weighted by Crippen LogP contribution is 2.16. The molecule has 0 aliphatic rings. The summed E-state index contributed by atoms with van der Waals surface area (Å²) in [4.78, 5) is 4.08. The summed E-state index contributed by atoms with van der Waals surface area (Å²) in [6.45, 7) is 5.30. The number of nitrogens with one attached hydrogen (secondary N) is 1. The Morgan fingerprint density at radius 2 is 2.25 bits per heavy atom. The van der Waals surface area contributed by atoms with E-state index >= 15 is 0 Å². The van der Waals surface area contributed by atoms with E-state index in [9.17, 15) is 0 Å². The highest BCUT2D eigenvalue weighted by Gasteiger charge is 2.07. The number of hydrogen-bond donors (Lipinski definition) is 1. The summed E-state index contributed by atoms with van der Waals surface area (Å²) in [7, 11) is 0. The lowest BCUT2D eigenvalue weighted by atomic mass is 10.0. The van der Waals surface area contributed by atoms with Crippen molar-refractivity contribution in [2.45, 2.75) is 33.1 Å². The predicted octanol–water partition coefficient (Wildman–Crippen LogP) is 3.85. The molecule has 0 fully saturated rings. The minimum Gasteiger partial charge on any atom is -0.384 e. The Hall–Kier alpha value is -0.760. The van der Waals surface area contributed by atoms with E-state index in [1.807, 2.05) is 18.5 Å². The van der Waals surface area contributed by atoms with Gasteiger partial charge in [0, 0.05) is 30.5 Å². The van der Waals surface area contributed by atoms with Gasteiger partial charge in [0.25, 0.3) is 0 Å². The van der Waals surface area contributed by atoms with Crippen LogP contribution in [0.2, 0.25) is 0 Å². The summed E-state index contributed by atoms with van der Waals surface area (Å²) in [5.74, 6) is 1.43. The summed E-state index contributed by atoms with van der Waals surface area (Å²) in [6, 6.07) is 2.03. The summed E-state index contributed by atoms with van der Waals surface area (Å²) in [5.41, 5.74) is 2.38. The fraction of sp³-hybridized carbons (Fsp3) is 0.615. The molecule has 1 atom stereocenters. The molecule has 0 aromatic carbocycles. The van der Waals surface area contributed by atoms with E-state index in [4.69, 9.17) is 11.6 Å². The molecule has 2 nitrogen and oxygen atoms in total. The molecular formula is C13H21ClN2. The first-order valence-electron chi connectivity index (χ1n) is 5.98. The Bertz CT molecular complexity index is 296. The van der Waals surface area contributed by atoms with E-state index in [1.165, 1.54) is 24.1 Å². The number of hydrogen-bond acceptors (Lipinski definition) is 2. The summed E-state index contributed by atoms with van der Waals surface area (Å²) in [5, 5.41) is 3.48. The maximum Gasteiger partial charge on any atom is 0.0400 e. The van der Waals surface area contributed by atoms with Crippen LogP contribution in [0.3, 0.4) is 0 Å². The van der Waals surface area contributed by atoms with Crippen LogP contribution in [0, 0.1) is 12.8 Å². The van der Waals surface area contributed by atoms with Crippen LogP contribution in [-0.2, 0) is 0 Å². The minimum absolute atomic E-state index is 0.676. The Kier molecular flexibility index (Phi) is 6.24. The minimum atomic E-state index is 0.676. The van der Waals surface area contributed by atoms with Crippen molar-refractivity contribution in [2.75, 3.05) is 17.7 Å². The number of anilines is 1. The monoisotopic (exact) mass is 240 g/mol. The van der Waals surface area contributed by atoms with Crippen molar-refractivity contribution in [3.05, 3.63) is 24.0 Å². The molecule has 0 spiro atoms. The van der Waals surface area contributed by atoms with Crippen molar-refractivity contribution in [1.82, 2.24) is 4.98 Å². The third kappa shape index (κ3) is 4.40. The van der Waals surface area contributed by atoms with Crippen molar-refractivity contribution < 1.29 is 0 Å². The van der Waals surface area contributed by atoms with Gasteiger partial charge in [0.15, 0.2) is 0 Å². The first kappa shape index (κ1) is 13.3. The molecule has 0 saturated carbocycles. The van der Waals surface area contributed by atoms with Gasteiger partial charge in [-0.3, -0.25) is 4.98 Å². The van der Waals surface area contributed by atoms with Crippen LogP contribution < -0.4 is 5.32 Å². The zero-order valence-electron chi connectivity index (χ0n) is 10.2. The number of nitrogens with zero attached hydrogens (tertiary/aromatic N) is 1. The fourth-order valence-corrected chi connectivity index (χ4v) is 2.15. The summed E-state index contributed by atoms with van der Waals surface area (Å²) in [6.07, 6.45) is 7.26. The quantitative estimate of drug-likeness (QED) is 0.733. The molecule has 1 unspecified atom stereocenters. The predicted molar refractivity (Wildman–Crippen MR) is 71.2 cm³/mol. The lowest BCUT2D eigenvalue weighted by Gasteiger charge is -2.17. The maximum atomic E-state index is 5.81. The Morgan fingerprint density at radius 1 is 1.44 bits per heavy atom. The van der Waals surface area contributed by atoms with Crippen LogP contribution >= 0.6 is 11.6 Å². The molecule has 3 heteroatoms. The highest BCUT2D eigenvalue weighted by molar-refractivity contribution is 6.17. The van der Waals surface area contributed by atoms with Crippen molar-refractivity contribution >= 4 is 17.3 Å². The Labute approximate surface area is 103 Å². The first-order chi connectivity index (χ1) is 7.77. The largest absolute Gasteiger partial charge is 0.384 e. The van der Waals surface area contributed by atoms with Crippen molar-refractivity contribution in [3.63, 3.8) is 0 Å². The summed E-state index contributed by atoms with van der Waals surface area (Å²) >= 11 is 5.81. The zero-order valence-corrected chi connectivity index (χ0v) is 10.9. The molecule has 1 heterocycles. The lowest BCUT2D eigenvalue weighted by Crippen LogP contribution is -2.15. The van der Waals surface area contributed by atoms with Gasteiger partial charge in [0.05, 0.1) is 0 Å². The second kappa shape index (κ2) is 7.50. The summed E-state index contributed by atoms with van der Waals surface area (Å²) < 4.78 is 0. The maximum absolute atomic E-state index is 5.81. The molecule has 0 radical (unpaired) electrons. The van der Waals surface area contributed by atoms with Gasteiger partial charge in [-0.05, 0) is 37.3 Å². The van der Waals surface area contributed by atoms with Gasteiger partial charge < -0.3 is 5.32 Å². The van der Waals surface area contributed by atoms with Crippen LogP contribution in [0.15, 0.2) is 18.5 Å². The molecule has 90 valence electrons. The SMILES string of the molecule is CCCC(CCCl)CNc1ccncc1C. The molecule has 0 saturated heterocycles. The van der Waals surface area contributed by atoms with Gasteiger partial charge in [-0.25, -0.2) is 0 Å². The van der Waals surface area contributed by atoms with E-state index < -0.39 is 0 Å². The number of alkyl halides is 1. The molecule has 16 heavy (non-hydrogen) atoms. The fourth-order valence-electron chi connectivity index (χ4n) is 1.84. The number of aryl methyl sites for hydroxylation is 1. The standard InChI is InChI=1S/C13H21ClN2/c1-3-4-12(5-7-14)10-16-13-6-8-15-9-11(13)2/h6,8-9,12H,3-5,7,10H2,1-2H3,(H,15,16). The Balaban J connectivity index is 2.45. The van der Waals surface area contributed by atoms with Crippen molar-refractivity contribution in [1.29, 1.82) is 0 Å². The molecule has 0 bridgehead atoms. The van der Waals surface area contributed by atoms with Gasteiger partial charge >= 0.3 is 0 Å². The second-order valence-electron chi connectivity index (χ2n) is 4.20. The molecule has 1 rings (SSSR count). The third-order valence-electron chi connectivity index (χ3n) is 2.82.